The molecule has 0 aliphatic heterocycles. The van der Waals surface area contributed by atoms with Crippen molar-refractivity contribution >= 4 is 17.5 Å². The summed E-state index contributed by atoms with van der Waals surface area (Å²) >= 11 is 0. The van der Waals surface area contributed by atoms with Gasteiger partial charge in [-0.25, -0.2) is 0 Å². The third kappa shape index (κ3) is 7.40. The van der Waals surface area contributed by atoms with Gasteiger partial charge in [0.1, 0.15) is 0 Å². The van der Waals surface area contributed by atoms with Gasteiger partial charge in [0.15, 0.2) is 11.6 Å². The molecule has 1 aliphatic carbocycles. The fourth-order valence-corrected chi connectivity index (χ4v) is 2.99. The number of unbranched alkanes of at least 4 members (excludes halogenated alkanes) is 4. The van der Waals surface area contributed by atoms with E-state index in [1.54, 1.807) is 18.2 Å². The number of methoxy groups -OCH3 is 1. The van der Waals surface area contributed by atoms with Gasteiger partial charge in [0.05, 0.1) is 7.11 Å². The lowest BCUT2D eigenvalue weighted by molar-refractivity contribution is -0.140. The Morgan fingerprint density at radius 3 is 2.57 bits per heavy atom. The van der Waals surface area contributed by atoms with Gasteiger partial charge in [-0.05, 0) is 37.8 Å². The topological polar surface area (TPSA) is 60.4 Å². The van der Waals surface area contributed by atoms with Crippen molar-refractivity contribution in [3.05, 3.63) is 24.3 Å². The number of rotatable bonds is 11. The smallest absolute Gasteiger partial charge is 0.305 e. The maximum absolute atomic E-state index is 11.9. The summed E-state index contributed by atoms with van der Waals surface area (Å²) in [5.41, 5.74) is 0. The molecule has 0 heterocycles. The number of carbonyl (C=O) groups excluding carboxylic acids is 3. The second-order valence-corrected chi connectivity index (χ2v) is 6.08. The van der Waals surface area contributed by atoms with E-state index in [1.807, 2.05) is 13.0 Å². The van der Waals surface area contributed by atoms with Crippen LogP contribution >= 0.6 is 0 Å². The largest absolute Gasteiger partial charge is 0.469 e. The van der Waals surface area contributed by atoms with Gasteiger partial charge in [-0.3, -0.25) is 14.4 Å². The van der Waals surface area contributed by atoms with Crippen molar-refractivity contribution in [2.75, 3.05) is 7.11 Å². The van der Waals surface area contributed by atoms with Crippen molar-refractivity contribution in [3.63, 3.8) is 0 Å². The van der Waals surface area contributed by atoms with E-state index < -0.39 is 0 Å². The van der Waals surface area contributed by atoms with Gasteiger partial charge in [-0.1, -0.05) is 37.8 Å². The lowest BCUT2D eigenvalue weighted by Crippen LogP contribution is -2.19. The molecule has 4 nitrogen and oxygen atoms in total. The minimum absolute atomic E-state index is 0.0300. The van der Waals surface area contributed by atoms with E-state index in [9.17, 15) is 14.4 Å². The number of hydrogen-bond acceptors (Lipinski definition) is 4. The van der Waals surface area contributed by atoms with Gasteiger partial charge in [-0.2, -0.15) is 0 Å². The van der Waals surface area contributed by atoms with Gasteiger partial charge in [0.25, 0.3) is 0 Å². The third-order valence-electron chi connectivity index (χ3n) is 4.31. The zero-order valence-electron chi connectivity index (χ0n) is 14.3. The number of hydrogen-bond donors (Lipinski definition) is 0. The highest BCUT2D eigenvalue weighted by Crippen LogP contribution is 2.30. The standard InChI is InChI=1S/C19H28O4/c1-3-9-16(20)14-17-15(12-13-18(17)21)10-7-5-4-6-8-11-19(22)23-2/h3,9,12-13,15,17H,4-8,10-11,14H2,1-2H3/b9-3+/t15-,17-/m1/s1. The van der Waals surface area contributed by atoms with E-state index in [0.717, 1.165) is 38.5 Å². The first-order valence-electron chi connectivity index (χ1n) is 8.53. The molecule has 0 aromatic carbocycles. The van der Waals surface area contributed by atoms with Crippen molar-refractivity contribution in [2.45, 2.75) is 58.3 Å². The molecule has 0 saturated carbocycles. The van der Waals surface area contributed by atoms with E-state index in [2.05, 4.69) is 4.74 Å². The Morgan fingerprint density at radius 2 is 1.87 bits per heavy atom. The summed E-state index contributed by atoms with van der Waals surface area (Å²) in [6, 6.07) is 0. The summed E-state index contributed by atoms with van der Waals surface area (Å²) in [5.74, 6) is 0.00586. The number of allylic oxidation sites excluding steroid dienone is 4. The molecule has 0 N–H and O–H groups in total. The van der Waals surface area contributed by atoms with Crippen molar-refractivity contribution in [1.29, 1.82) is 0 Å². The molecule has 2 atom stereocenters. The molecular weight excluding hydrogens is 292 g/mol. The van der Waals surface area contributed by atoms with E-state index in [0.29, 0.717) is 12.8 Å². The van der Waals surface area contributed by atoms with Crippen LogP contribution in [0.1, 0.15) is 58.3 Å². The first-order chi connectivity index (χ1) is 11.1. The van der Waals surface area contributed by atoms with Crippen molar-refractivity contribution in [2.24, 2.45) is 11.8 Å². The van der Waals surface area contributed by atoms with Gasteiger partial charge in [-0.15, -0.1) is 0 Å². The Kier molecular flexibility index (Phi) is 9.18. The molecule has 0 unspecified atom stereocenters. The highest BCUT2D eigenvalue weighted by Gasteiger charge is 2.30. The normalized spacial score (nSPS) is 20.3. The van der Waals surface area contributed by atoms with E-state index >= 15 is 0 Å². The van der Waals surface area contributed by atoms with E-state index in [1.165, 1.54) is 7.11 Å². The van der Waals surface area contributed by atoms with Crippen molar-refractivity contribution in [1.82, 2.24) is 0 Å². The second kappa shape index (κ2) is 10.9. The van der Waals surface area contributed by atoms with Crippen molar-refractivity contribution in [3.8, 4) is 0 Å². The van der Waals surface area contributed by atoms with Crippen LogP contribution in [0.2, 0.25) is 0 Å². The maximum Gasteiger partial charge on any atom is 0.305 e. The molecule has 1 aliphatic rings. The van der Waals surface area contributed by atoms with Crippen LogP contribution in [0.4, 0.5) is 0 Å². The predicted molar refractivity (Wildman–Crippen MR) is 89.9 cm³/mol. The number of carbonyl (C=O) groups is 3. The Hall–Kier alpha value is -1.71. The Balaban J connectivity index is 2.20. The Labute approximate surface area is 139 Å². The van der Waals surface area contributed by atoms with Crippen LogP contribution in [0, 0.1) is 11.8 Å². The number of ether oxygens (including phenoxy) is 1. The van der Waals surface area contributed by atoms with Gasteiger partial charge < -0.3 is 4.74 Å². The molecule has 128 valence electrons. The predicted octanol–water partition coefficient (Wildman–Crippen LogP) is 3.80. The molecule has 23 heavy (non-hydrogen) atoms. The minimum Gasteiger partial charge on any atom is -0.469 e. The Bertz CT molecular complexity index is 462. The highest BCUT2D eigenvalue weighted by atomic mass is 16.5. The molecule has 0 aromatic heterocycles. The average molecular weight is 320 g/mol. The van der Waals surface area contributed by atoms with Crippen LogP contribution in [0.25, 0.3) is 0 Å². The zero-order valence-corrected chi connectivity index (χ0v) is 14.3. The summed E-state index contributed by atoms with van der Waals surface area (Å²) in [5, 5.41) is 0. The summed E-state index contributed by atoms with van der Waals surface area (Å²) < 4.78 is 4.61. The summed E-state index contributed by atoms with van der Waals surface area (Å²) in [6.45, 7) is 1.81. The van der Waals surface area contributed by atoms with Crippen LogP contribution < -0.4 is 0 Å². The van der Waals surface area contributed by atoms with Crippen LogP contribution in [0.5, 0.6) is 0 Å². The SMILES string of the molecule is C/C=C/C(=O)C[C@H]1C(=O)C=C[C@H]1CCCCCCCC(=O)OC. The molecule has 0 radical (unpaired) electrons. The van der Waals surface area contributed by atoms with Gasteiger partial charge in [0.2, 0.25) is 0 Å². The van der Waals surface area contributed by atoms with E-state index in [-0.39, 0.29) is 29.4 Å². The minimum atomic E-state index is -0.168. The lowest BCUT2D eigenvalue weighted by Gasteiger charge is -2.16. The van der Waals surface area contributed by atoms with Crippen LogP contribution in [0.15, 0.2) is 24.3 Å². The molecule has 0 bridgehead atoms. The molecule has 0 fully saturated rings. The summed E-state index contributed by atoms with van der Waals surface area (Å²) in [7, 11) is 1.41. The molecule has 0 saturated heterocycles. The molecule has 1 rings (SSSR count). The van der Waals surface area contributed by atoms with Crippen LogP contribution in [0.3, 0.4) is 0 Å². The number of ketones is 2. The quantitative estimate of drug-likeness (QED) is 0.330. The molecule has 0 spiro atoms. The van der Waals surface area contributed by atoms with Crippen LogP contribution in [-0.2, 0) is 19.1 Å². The highest BCUT2D eigenvalue weighted by molar-refractivity contribution is 5.99. The first-order valence-corrected chi connectivity index (χ1v) is 8.53. The van der Waals surface area contributed by atoms with Gasteiger partial charge in [0, 0.05) is 18.8 Å². The summed E-state index contributed by atoms with van der Waals surface area (Å²) in [4.78, 5) is 34.6. The first kappa shape index (κ1) is 19.3. The van der Waals surface area contributed by atoms with Gasteiger partial charge >= 0.3 is 5.97 Å². The third-order valence-corrected chi connectivity index (χ3v) is 4.31. The fraction of sp³-hybridized carbons (Fsp3) is 0.632. The fourth-order valence-electron chi connectivity index (χ4n) is 2.99. The summed E-state index contributed by atoms with van der Waals surface area (Å²) in [6.07, 6.45) is 13.8. The molecular formula is C19H28O4. The zero-order chi connectivity index (χ0) is 17.1. The molecule has 4 heteroatoms. The molecule has 0 amide bonds. The Morgan fingerprint density at radius 1 is 1.17 bits per heavy atom. The molecule has 0 aromatic rings. The lowest BCUT2D eigenvalue weighted by atomic mass is 9.86. The van der Waals surface area contributed by atoms with E-state index in [4.69, 9.17) is 0 Å². The van der Waals surface area contributed by atoms with Crippen molar-refractivity contribution < 1.29 is 19.1 Å². The number of esters is 1. The maximum atomic E-state index is 11.9. The average Bonchev–Trinajstić information content (AvgIpc) is 2.87. The van der Waals surface area contributed by atoms with Crippen LogP contribution in [-0.4, -0.2) is 24.6 Å². The second-order valence-electron chi connectivity index (χ2n) is 6.08. The monoisotopic (exact) mass is 320 g/mol.